The van der Waals surface area contributed by atoms with Gasteiger partial charge in [0.05, 0.1) is 28.5 Å². The normalized spacial score (nSPS) is 22.3. The quantitative estimate of drug-likeness (QED) is 0.175. The Morgan fingerprint density at radius 2 is 0.982 bits per heavy atom. The van der Waals surface area contributed by atoms with Gasteiger partial charge in [-0.15, -0.1) is 0 Å². The lowest BCUT2D eigenvalue weighted by molar-refractivity contribution is 0.0934. The summed E-state index contributed by atoms with van der Waals surface area (Å²) in [6.07, 6.45) is -1.13. The Kier molecular flexibility index (Phi) is 12.4. The third kappa shape index (κ3) is 8.42. The number of aliphatic hydroxyl groups excluding tert-OH is 2. The fraction of sp³-hybridized carbons (Fsp3) is 0.295. The number of carbonyl (C=O) groups excluding carboxylic acids is 1. The van der Waals surface area contributed by atoms with Gasteiger partial charge in [-0.05, 0) is 86.7 Å². The van der Waals surface area contributed by atoms with Crippen molar-refractivity contribution in [1.29, 1.82) is 0 Å². The molecule has 3 N–H and O–H groups in total. The molecule has 0 spiro atoms. The number of nitrogens with one attached hydrogen (secondary N) is 1. The van der Waals surface area contributed by atoms with Gasteiger partial charge in [-0.2, -0.15) is 8.61 Å². The van der Waals surface area contributed by atoms with Gasteiger partial charge >= 0.3 is 0 Å². The molecule has 0 aliphatic carbocycles. The van der Waals surface area contributed by atoms with E-state index in [1.165, 1.54) is 14.2 Å². The summed E-state index contributed by atoms with van der Waals surface area (Å²) in [6, 6.07) is 35.9. The molecule has 294 valence electrons. The first-order valence-corrected chi connectivity index (χ1v) is 21.6. The first-order valence-electron chi connectivity index (χ1n) is 18.7. The Hall–Kier alpha value is -4.53. The van der Waals surface area contributed by atoms with Crippen molar-refractivity contribution in [2.75, 3.05) is 19.6 Å². The van der Waals surface area contributed by atoms with E-state index < -0.39 is 26.2 Å². The summed E-state index contributed by atoms with van der Waals surface area (Å²) in [6.45, 7) is 10.2. The van der Waals surface area contributed by atoms with Crippen LogP contribution in [0.1, 0.15) is 100 Å². The largest absolute Gasteiger partial charge is 0.387 e. The molecule has 2 unspecified atom stereocenters. The van der Waals surface area contributed by atoms with Crippen LogP contribution in [-0.2, 0) is 20.0 Å². The molecule has 5 atom stereocenters. The molecule has 8 rings (SSSR count). The molecule has 5 aromatic rings. The SMILES string of the molecule is C[C@@H]1NCC(O)c2ccccc21.Cc1ccc(S(=O)(=O)N2CC(=O)c3ccccc3[C@@H]2C)cc1.Cc1ccc(S(=O)(=O)N2CC(O)c3ccccc3[C@@H]2C)cc1. The zero-order valence-electron chi connectivity index (χ0n) is 32.2. The highest BCUT2D eigenvalue weighted by Gasteiger charge is 2.38. The van der Waals surface area contributed by atoms with E-state index in [0.717, 1.165) is 33.4 Å². The smallest absolute Gasteiger partial charge is 0.244 e. The van der Waals surface area contributed by atoms with Crippen LogP contribution in [0.4, 0.5) is 0 Å². The molecule has 56 heavy (non-hydrogen) atoms. The van der Waals surface area contributed by atoms with Crippen LogP contribution in [0, 0.1) is 13.8 Å². The second kappa shape index (κ2) is 16.9. The van der Waals surface area contributed by atoms with E-state index in [4.69, 9.17) is 0 Å². The molecule has 5 aromatic carbocycles. The number of nitrogens with zero attached hydrogens (tertiary/aromatic N) is 2. The number of sulfonamides is 2. The van der Waals surface area contributed by atoms with E-state index in [9.17, 15) is 31.8 Å². The zero-order valence-corrected chi connectivity index (χ0v) is 33.8. The first kappa shape index (κ1) is 41.1. The minimum absolute atomic E-state index is 0.0778. The van der Waals surface area contributed by atoms with Crippen LogP contribution in [0.2, 0.25) is 0 Å². The Labute approximate surface area is 330 Å². The van der Waals surface area contributed by atoms with Crippen molar-refractivity contribution in [3.8, 4) is 0 Å². The molecule has 3 aliphatic heterocycles. The first-order chi connectivity index (χ1) is 26.6. The summed E-state index contributed by atoms with van der Waals surface area (Å²) in [5, 5.41) is 23.2. The van der Waals surface area contributed by atoms with E-state index >= 15 is 0 Å². The van der Waals surface area contributed by atoms with Crippen molar-refractivity contribution in [1.82, 2.24) is 13.9 Å². The minimum atomic E-state index is -3.69. The second-order valence-electron chi connectivity index (χ2n) is 14.5. The number of carbonyl (C=O) groups is 1. The highest BCUT2D eigenvalue weighted by molar-refractivity contribution is 7.89. The van der Waals surface area contributed by atoms with Crippen molar-refractivity contribution in [2.24, 2.45) is 0 Å². The van der Waals surface area contributed by atoms with E-state index in [2.05, 4.69) is 18.3 Å². The molecule has 0 radical (unpaired) electrons. The lowest BCUT2D eigenvalue weighted by atomic mass is 9.93. The number of fused-ring (bicyclic) bond motifs is 3. The highest BCUT2D eigenvalue weighted by Crippen LogP contribution is 2.38. The molecule has 0 amide bonds. The van der Waals surface area contributed by atoms with Gasteiger partial charge in [0, 0.05) is 36.8 Å². The number of ketones is 1. The molecular weight excluding hydrogens is 747 g/mol. The summed E-state index contributed by atoms with van der Waals surface area (Å²) in [7, 11) is -7.32. The van der Waals surface area contributed by atoms with Crippen LogP contribution in [0.15, 0.2) is 131 Å². The van der Waals surface area contributed by atoms with Gasteiger partial charge in [-0.1, -0.05) is 108 Å². The molecule has 0 saturated carbocycles. The molecule has 10 nitrogen and oxygen atoms in total. The van der Waals surface area contributed by atoms with Gasteiger partial charge in [0.25, 0.3) is 0 Å². The summed E-state index contributed by atoms with van der Waals surface area (Å²) in [4.78, 5) is 12.7. The van der Waals surface area contributed by atoms with Crippen LogP contribution < -0.4 is 5.32 Å². The maximum atomic E-state index is 12.9. The average molecular weight is 796 g/mol. The van der Waals surface area contributed by atoms with Crippen LogP contribution in [0.5, 0.6) is 0 Å². The molecule has 12 heteroatoms. The Morgan fingerprint density at radius 1 is 0.554 bits per heavy atom. The molecule has 3 heterocycles. The van der Waals surface area contributed by atoms with E-state index in [-0.39, 0.29) is 46.9 Å². The van der Waals surface area contributed by atoms with Crippen molar-refractivity contribution in [2.45, 2.75) is 74.7 Å². The van der Waals surface area contributed by atoms with Crippen LogP contribution in [0.25, 0.3) is 0 Å². The van der Waals surface area contributed by atoms with E-state index in [0.29, 0.717) is 18.2 Å². The Bertz CT molecular complexity index is 2370. The maximum Gasteiger partial charge on any atom is 0.244 e. The number of aryl methyl sites for hydroxylation is 2. The Morgan fingerprint density at radius 3 is 1.52 bits per heavy atom. The summed E-state index contributed by atoms with van der Waals surface area (Å²) >= 11 is 0. The fourth-order valence-electron chi connectivity index (χ4n) is 7.42. The standard InChI is InChI=1S/C17H19NO3S.C17H17NO3S.C10H13NO/c2*1-12-7-9-14(10-8-12)22(20,21)18-11-17(19)16-6-4-3-5-15(16)13(18)2;1-7-8-4-2-3-5-9(8)10(12)6-11-7/h3-10,13,17,19H,11H2,1-2H3;3-10,13H,11H2,1-2H3;2-5,7,10-12H,6H2,1H3/t13-,17?;13-;7-,10?/m000/s1. The van der Waals surface area contributed by atoms with Crippen LogP contribution in [0.3, 0.4) is 0 Å². The number of rotatable bonds is 4. The van der Waals surface area contributed by atoms with Crippen molar-refractivity contribution >= 4 is 25.8 Å². The fourth-order valence-corrected chi connectivity index (χ4v) is 10.6. The number of hydrogen-bond acceptors (Lipinski definition) is 8. The molecule has 0 fully saturated rings. The molecule has 0 bridgehead atoms. The average Bonchev–Trinajstić information content (AvgIpc) is 3.20. The second-order valence-corrected chi connectivity index (χ2v) is 18.3. The van der Waals surface area contributed by atoms with Crippen LogP contribution >= 0.6 is 0 Å². The molecule has 0 saturated heterocycles. The molecular formula is C44H49N3O7S2. The summed E-state index contributed by atoms with van der Waals surface area (Å²) in [5.74, 6) is -0.163. The monoisotopic (exact) mass is 795 g/mol. The summed E-state index contributed by atoms with van der Waals surface area (Å²) < 4.78 is 54.1. The molecule has 3 aliphatic rings. The number of benzene rings is 5. The molecule has 0 aromatic heterocycles. The van der Waals surface area contributed by atoms with Gasteiger partial charge in [0.1, 0.15) is 0 Å². The predicted molar refractivity (Wildman–Crippen MR) is 217 cm³/mol. The van der Waals surface area contributed by atoms with Gasteiger partial charge < -0.3 is 15.5 Å². The minimum Gasteiger partial charge on any atom is -0.387 e. The lowest BCUT2D eigenvalue weighted by Gasteiger charge is -2.36. The van der Waals surface area contributed by atoms with E-state index in [1.807, 2.05) is 82.3 Å². The van der Waals surface area contributed by atoms with Gasteiger partial charge in [0.15, 0.2) is 5.78 Å². The van der Waals surface area contributed by atoms with Gasteiger partial charge in [0.2, 0.25) is 20.0 Å². The zero-order chi connectivity index (χ0) is 40.4. The topological polar surface area (TPSA) is 144 Å². The van der Waals surface area contributed by atoms with Gasteiger partial charge in [-0.25, -0.2) is 16.8 Å². The number of aliphatic hydroxyl groups is 2. The van der Waals surface area contributed by atoms with E-state index in [1.54, 1.807) is 60.7 Å². The predicted octanol–water partition coefficient (Wildman–Crippen LogP) is 7.12. The lowest BCUT2D eigenvalue weighted by Crippen LogP contribution is -2.41. The summed E-state index contributed by atoms with van der Waals surface area (Å²) in [5.41, 5.74) is 7.34. The Balaban J connectivity index is 0.000000149. The number of Topliss-reactive ketones (excluding diaryl/α,β-unsaturated/α-hetero) is 1. The number of β-amino-alcohol motifs (C(OH)–C–C–N with tert-alkyl or cyclic N) is 2. The third-order valence-corrected chi connectivity index (χ3v) is 14.6. The van der Waals surface area contributed by atoms with Crippen molar-refractivity contribution in [3.05, 3.63) is 166 Å². The highest BCUT2D eigenvalue weighted by atomic mass is 32.2. The van der Waals surface area contributed by atoms with Crippen molar-refractivity contribution in [3.63, 3.8) is 0 Å². The maximum absolute atomic E-state index is 12.9. The number of hydrogen-bond donors (Lipinski definition) is 3. The third-order valence-electron chi connectivity index (χ3n) is 10.7. The van der Waals surface area contributed by atoms with Crippen molar-refractivity contribution < 1.29 is 31.8 Å². The van der Waals surface area contributed by atoms with Crippen LogP contribution in [-0.4, -0.2) is 61.1 Å². The van der Waals surface area contributed by atoms with Gasteiger partial charge in [-0.3, -0.25) is 4.79 Å².